The van der Waals surface area contributed by atoms with Crippen LogP contribution in [0.3, 0.4) is 0 Å². The second kappa shape index (κ2) is 2.76. The van der Waals surface area contributed by atoms with Crippen LogP contribution >= 0.6 is 0 Å². The average molecular weight is 154 g/mol. The second-order valence-corrected chi connectivity index (χ2v) is 4.11. The highest BCUT2D eigenvalue weighted by Gasteiger charge is 2.38. The first-order valence-electron chi connectivity index (χ1n) is 4.75. The summed E-state index contributed by atoms with van der Waals surface area (Å²) in [6, 6.07) is 1.60. The van der Waals surface area contributed by atoms with E-state index in [2.05, 4.69) is 24.1 Å². The van der Waals surface area contributed by atoms with Gasteiger partial charge in [0, 0.05) is 18.6 Å². The molecule has 0 aromatic carbocycles. The highest BCUT2D eigenvalue weighted by molar-refractivity contribution is 4.95. The molecule has 1 N–H and O–H groups in total. The van der Waals surface area contributed by atoms with Crippen LogP contribution in [0.1, 0.15) is 20.3 Å². The molecule has 0 aliphatic carbocycles. The maximum atomic E-state index is 3.47. The molecule has 64 valence electrons. The van der Waals surface area contributed by atoms with Crippen molar-refractivity contribution in [2.45, 2.75) is 32.4 Å². The predicted octanol–water partition coefficient (Wildman–Crippen LogP) is 0.688. The Morgan fingerprint density at radius 1 is 1.36 bits per heavy atom. The van der Waals surface area contributed by atoms with Gasteiger partial charge < -0.3 is 5.32 Å². The van der Waals surface area contributed by atoms with E-state index in [4.69, 9.17) is 0 Å². The van der Waals surface area contributed by atoms with E-state index >= 15 is 0 Å². The maximum Gasteiger partial charge on any atom is 0.0264 e. The molecule has 0 spiro atoms. The number of rotatable bonds is 1. The molecule has 2 fully saturated rings. The minimum Gasteiger partial charge on any atom is -0.315 e. The molecule has 0 amide bonds. The highest BCUT2D eigenvalue weighted by Crippen LogP contribution is 2.28. The zero-order valence-electron chi connectivity index (χ0n) is 7.51. The summed E-state index contributed by atoms with van der Waals surface area (Å²) >= 11 is 0. The van der Waals surface area contributed by atoms with E-state index in [0.29, 0.717) is 0 Å². The lowest BCUT2D eigenvalue weighted by Crippen LogP contribution is -2.38. The predicted molar refractivity (Wildman–Crippen MR) is 46.6 cm³/mol. The van der Waals surface area contributed by atoms with Gasteiger partial charge in [0.1, 0.15) is 0 Å². The lowest BCUT2D eigenvalue weighted by Gasteiger charge is -2.26. The highest BCUT2D eigenvalue weighted by atomic mass is 15.2. The molecule has 0 aromatic rings. The van der Waals surface area contributed by atoms with Gasteiger partial charge >= 0.3 is 0 Å². The molecule has 2 heteroatoms. The fourth-order valence-corrected chi connectivity index (χ4v) is 2.52. The fourth-order valence-electron chi connectivity index (χ4n) is 2.52. The molecule has 0 radical (unpaired) electrons. The summed E-state index contributed by atoms with van der Waals surface area (Å²) in [6.45, 7) is 8.42. The standard InChI is InChI=1S/C9H18N2/c1-7(2)11-4-3-8-5-10-6-9(8)11/h7-10H,3-6H2,1-2H3/t8-,9+/m1/s1. The summed E-state index contributed by atoms with van der Waals surface area (Å²) < 4.78 is 0. The first-order valence-corrected chi connectivity index (χ1v) is 4.75. The second-order valence-electron chi connectivity index (χ2n) is 4.11. The largest absolute Gasteiger partial charge is 0.315 e. The summed E-state index contributed by atoms with van der Waals surface area (Å²) in [7, 11) is 0. The number of hydrogen-bond donors (Lipinski definition) is 1. The molecule has 2 atom stereocenters. The molecule has 2 aliphatic rings. The minimum atomic E-state index is 0.741. The van der Waals surface area contributed by atoms with E-state index in [1.807, 2.05) is 0 Å². The van der Waals surface area contributed by atoms with E-state index in [1.54, 1.807) is 0 Å². The smallest absolute Gasteiger partial charge is 0.0264 e. The van der Waals surface area contributed by atoms with Gasteiger partial charge in [-0.1, -0.05) is 0 Å². The van der Waals surface area contributed by atoms with Gasteiger partial charge in [0.05, 0.1) is 0 Å². The van der Waals surface area contributed by atoms with Gasteiger partial charge in [0.25, 0.3) is 0 Å². The molecule has 11 heavy (non-hydrogen) atoms. The van der Waals surface area contributed by atoms with Gasteiger partial charge in [-0.2, -0.15) is 0 Å². The number of fused-ring (bicyclic) bond motifs is 1. The molecule has 2 rings (SSSR count). The summed E-state index contributed by atoms with van der Waals surface area (Å²) in [4.78, 5) is 2.64. The van der Waals surface area contributed by atoms with Crippen LogP contribution in [0.15, 0.2) is 0 Å². The summed E-state index contributed by atoms with van der Waals surface area (Å²) in [5.41, 5.74) is 0. The summed E-state index contributed by atoms with van der Waals surface area (Å²) in [6.07, 6.45) is 1.41. The Balaban J connectivity index is 2.03. The zero-order valence-corrected chi connectivity index (χ0v) is 7.51. The van der Waals surface area contributed by atoms with Crippen molar-refractivity contribution in [3.05, 3.63) is 0 Å². The van der Waals surface area contributed by atoms with Crippen LogP contribution in [-0.4, -0.2) is 36.6 Å². The molecule has 0 saturated carbocycles. The van der Waals surface area contributed by atoms with Crippen LogP contribution in [0.4, 0.5) is 0 Å². The first-order chi connectivity index (χ1) is 5.29. The molecule has 2 heterocycles. The van der Waals surface area contributed by atoms with Crippen molar-refractivity contribution in [2.75, 3.05) is 19.6 Å². The van der Waals surface area contributed by atoms with Crippen molar-refractivity contribution in [1.82, 2.24) is 10.2 Å². The molecule has 2 saturated heterocycles. The van der Waals surface area contributed by atoms with Gasteiger partial charge in [-0.05, 0) is 39.3 Å². The van der Waals surface area contributed by atoms with Gasteiger partial charge in [0.2, 0.25) is 0 Å². The lowest BCUT2D eigenvalue weighted by molar-refractivity contribution is 0.203. The maximum absolute atomic E-state index is 3.47. The van der Waals surface area contributed by atoms with Crippen molar-refractivity contribution < 1.29 is 0 Å². The van der Waals surface area contributed by atoms with E-state index < -0.39 is 0 Å². The van der Waals surface area contributed by atoms with E-state index in [1.165, 1.54) is 26.1 Å². The van der Waals surface area contributed by atoms with Crippen LogP contribution in [0.2, 0.25) is 0 Å². The summed E-state index contributed by atoms with van der Waals surface area (Å²) in [5, 5.41) is 3.47. The van der Waals surface area contributed by atoms with Gasteiger partial charge in [-0.25, -0.2) is 0 Å². The fraction of sp³-hybridized carbons (Fsp3) is 1.00. The van der Waals surface area contributed by atoms with Crippen molar-refractivity contribution in [3.8, 4) is 0 Å². The van der Waals surface area contributed by atoms with Crippen LogP contribution in [0.25, 0.3) is 0 Å². The van der Waals surface area contributed by atoms with E-state index in [0.717, 1.165) is 18.0 Å². The number of nitrogens with zero attached hydrogens (tertiary/aromatic N) is 1. The normalized spacial score (nSPS) is 38.5. The quantitative estimate of drug-likeness (QED) is 0.598. The van der Waals surface area contributed by atoms with Crippen LogP contribution in [-0.2, 0) is 0 Å². The molecule has 0 bridgehead atoms. The zero-order chi connectivity index (χ0) is 7.84. The number of nitrogens with one attached hydrogen (secondary N) is 1. The monoisotopic (exact) mass is 154 g/mol. The Morgan fingerprint density at radius 3 is 2.91 bits per heavy atom. The number of likely N-dealkylation sites (tertiary alicyclic amines) is 1. The average Bonchev–Trinajstić information content (AvgIpc) is 2.41. The van der Waals surface area contributed by atoms with Gasteiger partial charge in [0.15, 0.2) is 0 Å². The van der Waals surface area contributed by atoms with Gasteiger partial charge in [-0.3, -0.25) is 4.90 Å². The Hall–Kier alpha value is -0.0800. The Kier molecular flexibility index (Phi) is 1.90. The van der Waals surface area contributed by atoms with E-state index in [9.17, 15) is 0 Å². The Bertz CT molecular complexity index is 144. The third-order valence-electron chi connectivity index (χ3n) is 3.15. The minimum absolute atomic E-state index is 0.741. The lowest BCUT2D eigenvalue weighted by atomic mass is 10.0. The van der Waals surface area contributed by atoms with Crippen molar-refractivity contribution in [1.29, 1.82) is 0 Å². The van der Waals surface area contributed by atoms with E-state index in [-0.39, 0.29) is 0 Å². The molecular formula is C9H18N2. The van der Waals surface area contributed by atoms with Crippen LogP contribution in [0, 0.1) is 5.92 Å². The van der Waals surface area contributed by atoms with Gasteiger partial charge in [-0.15, -0.1) is 0 Å². The topological polar surface area (TPSA) is 15.3 Å². The molecular weight excluding hydrogens is 136 g/mol. The van der Waals surface area contributed by atoms with Crippen molar-refractivity contribution in [2.24, 2.45) is 5.92 Å². The SMILES string of the molecule is CC(C)N1CC[C@@H]2CNC[C@@H]21. The Morgan fingerprint density at radius 2 is 2.18 bits per heavy atom. The molecule has 2 nitrogen and oxygen atoms in total. The van der Waals surface area contributed by atoms with Crippen LogP contribution in [0.5, 0.6) is 0 Å². The Labute approximate surface area is 69.0 Å². The first kappa shape index (κ1) is 7.56. The van der Waals surface area contributed by atoms with Crippen molar-refractivity contribution in [3.63, 3.8) is 0 Å². The molecule has 0 unspecified atom stereocenters. The molecule has 2 aliphatic heterocycles. The van der Waals surface area contributed by atoms with Crippen LogP contribution < -0.4 is 5.32 Å². The number of hydrogen-bond acceptors (Lipinski definition) is 2. The summed E-state index contributed by atoms with van der Waals surface area (Å²) in [5.74, 6) is 0.956. The van der Waals surface area contributed by atoms with Crippen molar-refractivity contribution >= 4 is 0 Å². The molecule has 0 aromatic heterocycles. The third-order valence-corrected chi connectivity index (χ3v) is 3.15. The third kappa shape index (κ3) is 1.18.